The number of sulfonamides is 1. The predicted octanol–water partition coefficient (Wildman–Crippen LogP) is 1.74. The molecule has 1 N–H and O–H groups in total. The van der Waals surface area contributed by atoms with Crippen molar-refractivity contribution in [3.8, 4) is 0 Å². The molecule has 0 spiro atoms. The van der Waals surface area contributed by atoms with Crippen molar-refractivity contribution in [2.24, 2.45) is 5.41 Å². The maximum absolute atomic E-state index is 13.9. The van der Waals surface area contributed by atoms with Gasteiger partial charge < -0.3 is 5.11 Å². The lowest BCUT2D eigenvalue weighted by Crippen LogP contribution is -2.31. The summed E-state index contributed by atoms with van der Waals surface area (Å²) in [4.78, 5) is -0.317. The van der Waals surface area contributed by atoms with Crippen molar-refractivity contribution in [1.29, 1.82) is 0 Å². The van der Waals surface area contributed by atoms with Crippen molar-refractivity contribution in [3.05, 3.63) is 29.6 Å². The van der Waals surface area contributed by atoms with Gasteiger partial charge in [-0.05, 0) is 29.5 Å². The Kier molecular flexibility index (Phi) is 3.68. The van der Waals surface area contributed by atoms with Crippen molar-refractivity contribution in [1.82, 2.24) is 4.31 Å². The molecule has 1 aliphatic rings. The molecule has 0 aliphatic carbocycles. The number of benzene rings is 1. The van der Waals surface area contributed by atoms with Crippen molar-refractivity contribution < 1.29 is 17.9 Å². The molecular formula is C13H18FNO3S. The first kappa shape index (κ1) is 14.4. The molecular weight excluding hydrogens is 269 g/mol. The zero-order valence-electron chi connectivity index (χ0n) is 11.1. The average molecular weight is 287 g/mol. The largest absolute Gasteiger partial charge is 0.392 e. The van der Waals surface area contributed by atoms with E-state index in [0.717, 1.165) is 12.5 Å². The fourth-order valence-corrected chi connectivity index (χ4v) is 3.93. The lowest BCUT2D eigenvalue weighted by Gasteiger charge is -2.20. The van der Waals surface area contributed by atoms with Gasteiger partial charge in [-0.3, -0.25) is 0 Å². The van der Waals surface area contributed by atoms with Crippen molar-refractivity contribution in [2.75, 3.05) is 13.1 Å². The summed E-state index contributed by atoms with van der Waals surface area (Å²) in [6.07, 6.45) is 0.766. The van der Waals surface area contributed by atoms with Crippen LogP contribution in [0.4, 0.5) is 4.39 Å². The lowest BCUT2D eigenvalue weighted by atomic mass is 9.93. The minimum absolute atomic E-state index is 0.0748. The highest BCUT2D eigenvalue weighted by molar-refractivity contribution is 7.89. The highest BCUT2D eigenvalue weighted by atomic mass is 32.2. The predicted molar refractivity (Wildman–Crippen MR) is 69.5 cm³/mol. The van der Waals surface area contributed by atoms with E-state index in [1.807, 2.05) is 13.8 Å². The van der Waals surface area contributed by atoms with Crippen LogP contribution in [0.1, 0.15) is 25.8 Å². The summed E-state index contributed by atoms with van der Waals surface area (Å²) < 4.78 is 39.9. The monoisotopic (exact) mass is 287 g/mol. The van der Waals surface area contributed by atoms with E-state index < -0.39 is 15.8 Å². The van der Waals surface area contributed by atoms with Gasteiger partial charge in [0.1, 0.15) is 10.7 Å². The van der Waals surface area contributed by atoms with Crippen LogP contribution in [0, 0.1) is 11.2 Å². The third kappa shape index (κ3) is 2.80. The van der Waals surface area contributed by atoms with Gasteiger partial charge in [0.25, 0.3) is 0 Å². The van der Waals surface area contributed by atoms with Crippen LogP contribution < -0.4 is 0 Å². The van der Waals surface area contributed by atoms with Gasteiger partial charge >= 0.3 is 0 Å². The third-order valence-electron chi connectivity index (χ3n) is 3.44. The molecule has 0 unspecified atom stereocenters. The Hall–Kier alpha value is -0.980. The van der Waals surface area contributed by atoms with Crippen LogP contribution in [0.5, 0.6) is 0 Å². The molecule has 1 saturated heterocycles. The molecule has 1 fully saturated rings. The first-order valence-electron chi connectivity index (χ1n) is 6.16. The van der Waals surface area contributed by atoms with Gasteiger partial charge in [0.15, 0.2) is 0 Å². The van der Waals surface area contributed by atoms with E-state index >= 15 is 0 Å². The molecule has 19 heavy (non-hydrogen) atoms. The van der Waals surface area contributed by atoms with E-state index in [-0.39, 0.29) is 16.9 Å². The summed E-state index contributed by atoms with van der Waals surface area (Å²) in [6.45, 7) is 4.49. The molecule has 1 aromatic carbocycles. The molecule has 1 heterocycles. The molecule has 1 aromatic rings. The van der Waals surface area contributed by atoms with Crippen LogP contribution in [0.2, 0.25) is 0 Å². The standard InChI is InChI=1S/C13H18FNO3S/c1-13(2)5-6-15(9-13)19(17,18)12-4-3-10(8-16)7-11(12)14/h3-4,7,16H,5-6,8-9H2,1-2H3. The number of aliphatic hydroxyl groups excluding tert-OH is 1. The maximum Gasteiger partial charge on any atom is 0.246 e. The first-order chi connectivity index (χ1) is 8.76. The molecule has 1 aliphatic heterocycles. The number of aliphatic hydroxyl groups is 1. The summed E-state index contributed by atoms with van der Waals surface area (Å²) >= 11 is 0. The van der Waals surface area contributed by atoms with Crippen molar-refractivity contribution in [3.63, 3.8) is 0 Å². The second-order valence-electron chi connectivity index (χ2n) is 5.68. The van der Waals surface area contributed by atoms with E-state index in [4.69, 9.17) is 5.11 Å². The Labute approximate surface area is 112 Å². The Morgan fingerprint density at radius 3 is 2.58 bits per heavy atom. The van der Waals surface area contributed by atoms with Crippen LogP contribution in [0.15, 0.2) is 23.1 Å². The van der Waals surface area contributed by atoms with Crippen LogP contribution in [0.25, 0.3) is 0 Å². The first-order valence-corrected chi connectivity index (χ1v) is 7.60. The van der Waals surface area contributed by atoms with E-state index in [9.17, 15) is 12.8 Å². The number of hydrogen-bond donors (Lipinski definition) is 1. The molecule has 0 aromatic heterocycles. The number of rotatable bonds is 3. The average Bonchev–Trinajstić information content (AvgIpc) is 2.69. The van der Waals surface area contributed by atoms with Gasteiger partial charge in [-0.15, -0.1) is 0 Å². The van der Waals surface area contributed by atoms with Gasteiger partial charge in [0.2, 0.25) is 10.0 Å². The topological polar surface area (TPSA) is 57.6 Å². The fourth-order valence-electron chi connectivity index (χ4n) is 2.26. The van der Waals surface area contributed by atoms with Crippen LogP contribution >= 0.6 is 0 Å². The molecule has 4 nitrogen and oxygen atoms in total. The molecule has 2 rings (SSSR count). The van der Waals surface area contributed by atoms with Crippen molar-refractivity contribution >= 4 is 10.0 Å². The zero-order chi connectivity index (χ0) is 14.3. The minimum Gasteiger partial charge on any atom is -0.392 e. The summed E-state index contributed by atoms with van der Waals surface area (Å²) in [5.74, 6) is -0.809. The van der Waals surface area contributed by atoms with Gasteiger partial charge in [-0.25, -0.2) is 12.8 Å². The highest BCUT2D eigenvalue weighted by Gasteiger charge is 2.37. The summed E-state index contributed by atoms with van der Waals surface area (Å²) in [6, 6.07) is 3.72. The molecule has 0 atom stereocenters. The SMILES string of the molecule is CC1(C)CCN(S(=O)(=O)c2ccc(CO)cc2F)C1. The third-order valence-corrected chi connectivity index (χ3v) is 5.32. The Balaban J connectivity index is 2.35. The van der Waals surface area contributed by atoms with Gasteiger partial charge in [0, 0.05) is 13.1 Å². The normalized spacial score (nSPS) is 19.8. The fraction of sp³-hybridized carbons (Fsp3) is 0.538. The Bertz CT molecular complexity index is 584. The van der Waals surface area contributed by atoms with Crippen LogP contribution in [-0.4, -0.2) is 30.9 Å². The second-order valence-corrected chi connectivity index (χ2v) is 7.58. The molecule has 0 bridgehead atoms. The summed E-state index contributed by atoms with van der Waals surface area (Å²) in [5.41, 5.74) is 0.285. The van der Waals surface area contributed by atoms with E-state index in [2.05, 4.69) is 0 Å². The number of nitrogens with zero attached hydrogens (tertiary/aromatic N) is 1. The lowest BCUT2D eigenvalue weighted by molar-refractivity contribution is 0.281. The van der Waals surface area contributed by atoms with E-state index in [1.165, 1.54) is 16.4 Å². The second kappa shape index (κ2) is 4.85. The van der Waals surface area contributed by atoms with Gasteiger partial charge in [-0.1, -0.05) is 19.9 Å². The molecule has 0 radical (unpaired) electrons. The highest BCUT2D eigenvalue weighted by Crippen LogP contribution is 2.33. The van der Waals surface area contributed by atoms with Crippen molar-refractivity contribution in [2.45, 2.75) is 31.8 Å². The Morgan fingerprint density at radius 1 is 1.42 bits per heavy atom. The molecule has 6 heteroatoms. The van der Waals surface area contributed by atoms with E-state index in [1.54, 1.807) is 0 Å². The summed E-state index contributed by atoms with van der Waals surface area (Å²) in [5, 5.41) is 8.91. The van der Waals surface area contributed by atoms with E-state index in [0.29, 0.717) is 18.7 Å². The zero-order valence-corrected chi connectivity index (χ0v) is 11.9. The molecule has 0 saturated carbocycles. The Morgan fingerprint density at radius 2 is 2.11 bits per heavy atom. The maximum atomic E-state index is 13.9. The summed E-state index contributed by atoms with van der Waals surface area (Å²) in [7, 11) is -3.79. The smallest absolute Gasteiger partial charge is 0.246 e. The minimum atomic E-state index is -3.79. The molecule has 106 valence electrons. The quantitative estimate of drug-likeness (QED) is 0.921. The molecule has 0 amide bonds. The van der Waals surface area contributed by atoms with Gasteiger partial charge in [0.05, 0.1) is 6.61 Å². The van der Waals surface area contributed by atoms with Crippen LogP contribution in [-0.2, 0) is 16.6 Å². The number of hydrogen-bond acceptors (Lipinski definition) is 3. The van der Waals surface area contributed by atoms with Gasteiger partial charge in [-0.2, -0.15) is 4.31 Å². The number of halogens is 1. The van der Waals surface area contributed by atoms with Crippen LogP contribution in [0.3, 0.4) is 0 Å².